The molecule has 33 heavy (non-hydrogen) atoms. The average Bonchev–Trinajstić information content (AvgIpc) is 3.35. The van der Waals surface area contributed by atoms with Crippen molar-refractivity contribution in [2.24, 2.45) is 5.10 Å². The third kappa shape index (κ3) is 3.44. The van der Waals surface area contributed by atoms with Crippen molar-refractivity contribution >= 4 is 5.71 Å². The van der Waals surface area contributed by atoms with Gasteiger partial charge in [-0.2, -0.15) is 5.10 Å². The van der Waals surface area contributed by atoms with Crippen LogP contribution in [0, 0.1) is 0 Å². The van der Waals surface area contributed by atoms with E-state index in [1.807, 2.05) is 36.4 Å². The number of nitrogens with zero attached hydrogens (tertiary/aromatic N) is 2. The van der Waals surface area contributed by atoms with E-state index in [9.17, 15) is 0 Å². The van der Waals surface area contributed by atoms with Crippen molar-refractivity contribution in [1.29, 1.82) is 0 Å². The van der Waals surface area contributed by atoms with Crippen molar-refractivity contribution in [3.8, 4) is 22.6 Å². The monoisotopic (exact) mass is 432 g/mol. The summed E-state index contributed by atoms with van der Waals surface area (Å²) in [5.41, 5.74) is 6.78. The number of benzene rings is 4. The smallest absolute Gasteiger partial charge is 0.217 e. The highest BCUT2D eigenvalue weighted by Crippen LogP contribution is 2.48. The number of hydrazone groups is 1. The molecular formula is C29H24N2O2. The largest absolute Gasteiger partial charge is 0.496 e. The lowest BCUT2D eigenvalue weighted by Gasteiger charge is -2.38. The Balaban J connectivity index is 1.38. The van der Waals surface area contributed by atoms with Crippen LogP contribution in [0.1, 0.15) is 35.4 Å². The van der Waals surface area contributed by atoms with Crippen LogP contribution in [-0.2, 0) is 0 Å². The van der Waals surface area contributed by atoms with Gasteiger partial charge in [0.05, 0.1) is 24.4 Å². The van der Waals surface area contributed by atoms with Crippen molar-refractivity contribution in [2.75, 3.05) is 7.11 Å². The molecule has 2 aliphatic heterocycles. The second kappa shape index (κ2) is 8.14. The summed E-state index contributed by atoms with van der Waals surface area (Å²) < 4.78 is 12.1. The molecule has 162 valence electrons. The number of hydrogen-bond acceptors (Lipinski definition) is 4. The summed E-state index contributed by atoms with van der Waals surface area (Å²) in [5.74, 6) is 1.71. The summed E-state index contributed by atoms with van der Waals surface area (Å²) in [6, 6.07) is 35.5. The molecule has 4 aromatic rings. The lowest BCUT2D eigenvalue weighted by molar-refractivity contribution is -0.0203. The first kappa shape index (κ1) is 19.6. The molecule has 4 aromatic carbocycles. The van der Waals surface area contributed by atoms with Gasteiger partial charge >= 0.3 is 0 Å². The third-order valence-corrected chi connectivity index (χ3v) is 6.43. The van der Waals surface area contributed by atoms with Crippen LogP contribution in [0.3, 0.4) is 0 Å². The second-order valence-corrected chi connectivity index (χ2v) is 8.34. The molecule has 0 saturated heterocycles. The first-order chi connectivity index (χ1) is 16.3. The third-order valence-electron chi connectivity index (χ3n) is 6.43. The van der Waals surface area contributed by atoms with Gasteiger partial charge in [0.25, 0.3) is 0 Å². The first-order valence-electron chi connectivity index (χ1n) is 11.2. The van der Waals surface area contributed by atoms with Crippen LogP contribution in [0.15, 0.2) is 108 Å². The fourth-order valence-corrected chi connectivity index (χ4v) is 4.77. The number of fused-ring (bicyclic) bond motifs is 3. The van der Waals surface area contributed by atoms with Crippen LogP contribution >= 0.6 is 0 Å². The quantitative estimate of drug-likeness (QED) is 0.364. The topological polar surface area (TPSA) is 34.1 Å². The van der Waals surface area contributed by atoms with Gasteiger partial charge in [0.1, 0.15) is 11.5 Å². The Hall–Kier alpha value is -4.05. The Bertz CT molecular complexity index is 1320. The summed E-state index contributed by atoms with van der Waals surface area (Å²) in [7, 11) is 1.69. The molecule has 0 aromatic heterocycles. The van der Waals surface area contributed by atoms with Crippen LogP contribution < -0.4 is 9.47 Å². The van der Waals surface area contributed by atoms with E-state index in [0.29, 0.717) is 0 Å². The molecule has 2 heterocycles. The zero-order valence-electron chi connectivity index (χ0n) is 18.4. The SMILES string of the molecule is COc1ccccc1[C@H]1Oc2ccccc2[C@H]2CC(c3ccc(-c4ccccc4)cc3)=NN21. The number of hydrogen-bond donors (Lipinski definition) is 0. The van der Waals surface area contributed by atoms with Gasteiger partial charge in [-0.3, -0.25) is 0 Å². The molecule has 0 unspecified atom stereocenters. The minimum atomic E-state index is -0.345. The average molecular weight is 433 g/mol. The maximum absolute atomic E-state index is 6.47. The van der Waals surface area contributed by atoms with Crippen molar-refractivity contribution in [3.63, 3.8) is 0 Å². The molecule has 0 saturated carbocycles. The van der Waals surface area contributed by atoms with Crippen molar-refractivity contribution in [3.05, 3.63) is 120 Å². The Kier molecular flexibility index (Phi) is 4.84. The molecule has 6 rings (SSSR count). The molecule has 2 atom stereocenters. The first-order valence-corrected chi connectivity index (χ1v) is 11.2. The summed E-state index contributed by atoms with van der Waals surface area (Å²) in [4.78, 5) is 0. The van der Waals surface area contributed by atoms with Crippen molar-refractivity contribution in [1.82, 2.24) is 5.01 Å². The predicted octanol–water partition coefficient (Wildman–Crippen LogP) is 6.60. The lowest BCUT2D eigenvalue weighted by atomic mass is 9.95. The maximum atomic E-state index is 6.47. The minimum Gasteiger partial charge on any atom is -0.496 e. The molecule has 2 aliphatic rings. The van der Waals surface area contributed by atoms with E-state index in [1.165, 1.54) is 16.7 Å². The van der Waals surface area contributed by atoms with Gasteiger partial charge in [-0.05, 0) is 34.9 Å². The van der Waals surface area contributed by atoms with Crippen LogP contribution in [-0.4, -0.2) is 17.8 Å². The molecule has 4 nitrogen and oxygen atoms in total. The highest BCUT2D eigenvalue weighted by molar-refractivity contribution is 6.02. The molecule has 0 radical (unpaired) electrons. The van der Waals surface area contributed by atoms with Crippen molar-refractivity contribution < 1.29 is 9.47 Å². The maximum Gasteiger partial charge on any atom is 0.217 e. The molecule has 0 N–H and O–H groups in total. The zero-order chi connectivity index (χ0) is 22.2. The highest BCUT2D eigenvalue weighted by atomic mass is 16.5. The van der Waals surface area contributed by atoms with E-state index in [2.05, 4.69) is 71.7 Å². The zero-order valence-corrected chi connectivity index (χ0v) is 18.4. The molecule has 0 bridgehead atoms. The van der Waals surface area contributed by atoms with E-state index < -0.39 is 0 Å². The minimum absolute atomic E-state index is 0.119. The van der Waals surface area contributed by atoms with Gasteiger partial charge in [-0.1, -0.05) is 84.9 Å². The van der Waals surface area contributed by atoms with Gasteiger partial charge < -0.3 is 9.47 Å². The van der Waals surface area contributed by atoms with Gasteiger partial charge in [-0.15, -0.1) is 0 Å². The van der Waals surface area contributed by atoms with E-state index in [1.54, 1.807) is 7.11 Å². The van der Waals surface area contributed by atoms with E-state index in [-0.39, 0.29) is 12.3 Å². The molecule has 4 heteroatoms. The molecule has 0 fully saturated rings. The molecule has 0 spiro atoms. The summed E-state index contributed by atoms with van der Waals surface area (Å²) in [5, 5.41) is 7.18. The standard InChI is InChI=1S/C29H24N2O2/c1-32-27-13-7-6-12-24(27)29-31-26(23-11-5-8-14-28(23)33-29)19-25(30-31)22-17-15-21(16-18-22)20-9-3-2-4-10-20/h2-18,26,29H,19H2,1H3/t26-,29-/m1/s1. The summed E-state index contributed by atoms with van der Waals surface area (Å²) in [6.45, 7) is 0. The normalized spacial score (nSPS) is 18.7. The van der Waals surface area contributed by atoms with Gasteiger partial charge in [0.15, 0.2) is 0 Å². The van der Waals surface area contributed by atoms with Gasteiger partial charge in [0.2, 0.25) is 6.23 Å². The highest BCUT2D eigenvalue weighted by Gasteiger charge is 2.41. The fourth-order valence-electron chi connectivity index (χ4n) is 4.77. The van der Waals surface area contributed by atoms with Crippen molar-refractivity contribution in [2.45, 2.75) is 18.7 Å². The molecular weight excluding hydrogens is 408 g/mol. The molecule has 0 aliphatic carbocycles. The number of ether oxygens (including phenoxy) is 2. The van der Waals surface area contributed by atoms with Crippen LogP contribution in [0.5, 0.6) is 11.5 Å². The number of para-hydroxylation sites is 2. The van der Waals surface area contributed by atoms with E-state index in [4.69, 9.17) is 14.6 Å². The van der Waals surface area contributed by atoms with E-state index >= 15 is 0 Å². The summed E-state index contributed by atoms with van der Waals surface area (Å²) in [6.07, 6.45) is 0.485. The second-order valence-electron chi connectivity index (χ2n) is 8.34. The lowest BCUT2D eigenvalue weighted by Crippen LogP contribution is -2.33. The fraction of sp³-hybridized carbons (Fsp3) is 0.138. The predicted molar refractivity (Wildman–Crippen MR) is 130 cm³/mol. The Morgan fingerprint density at radius 2 is 1.36 bits per heavy atom. The number of rotatable bonds is 4. The number of methoxy groups -OCH3 is 1. The van der Waals surface area contributed by atoms with Gasteiger partial charge in [-0.25, -0.2) is 5.01 Å². The van der Waals surface area contributed by atoms with Gasteiger partial charge in [0, 0.05) is 12.0 Å². The Labute approximate surface area is 193 Å². The van der Waals surface area contributed by atoms with Crippen LogP contribution in [0.2, 0.25) is 0 Å². The molecule has 0 amide bonds. The Morgan fingerprint density at radius 3 is 2.15 bits per heavy atom. The van der Waals surface area contributed by atoms with E-state index in [0.717, 1.165) is 34.8 Å². The van der Waals surface area contributed by atoms with Crippen LogP contribution in [0.4, 0.5) is 0 Å². The Morgan fingerprint density at radius 1 is 0.727 bits per heavy atom. The van der Waals surface area contributed by atoms with Crippen LogP contribution in [0.25, 0.3) is 11.1 Å². The summed E-state index contributed by atoms with van der Waals surface area (Å²) >= 11 is 0.